The van der Waals surface area contributed by atoms with Crippen molar-refractivity contribution in [2.45, 2.75) is 6.61 Å². The molecule has 0 aliphatic rings. The number of aromatic nitrogens is 3. The molecule has 0 unspecified atom stereocenters. The molecule has 0 saturated carbocycles. The van der Waals surface area contributed by atoms with Crippen LogP contribution < -0.4 is 10.1 Å². The van der Waals surface area contributed by atoms with E-state index in [0.29, 0.717) is 29.2 Å². The van der Waals surface area contributed by atoms with Gasteiger partial charge in [-0.1, -0.05) is 30.3 Å². The molecule has 0 fully saturated rings. The number of hydrogen-bond donors (Lipinski definition) is 2. The van der Waals surface area contributed by atoms with Crippen molar-refractivity contribution in [1.82, 2.24) is 15.0 Å². The first-order valence-corrected chi connectivity index (χ1v) is 6.02. The molecule has 0 spiro atoms. The zero-order valence-electron chi connectivity index (χ0n) is 10.5. The van der Waals surface area contributed by atoms with Gasteiger partial charge in [-0.05, 0) is 5.56 Å². The molecule has 1 aromatic carbocycles. The first-order chi connectivity index (χ1) is 9.88. The van der Waals surface area contributed by atoms with Crippen molar-refractivity contribution in [3.8, 4) is 12.1 Å². The summed E-state index contributed by atoms with van der Waals surface area (Å²) in [6, 6.07) is 9.81. The second-order valence-electron chi connectivity index (χ2n) is 4.12. The van der Waals surface area contributed by atoms with Gasteiger partial charge in [0, 0.05) is 6.20 Å². The molecule has 0 amide bonds. The summed E-state index contributed by atoms with van der Waals surface area (Å²) in [5, 5.41) is 12.0. The van der Waals surface area contributed by atoms with Gasteiger partial charge in [-0.15, -0.1) is 0 Å². The van der Waals surface area contributed by atoms with E-state index >= 15 is 0 Å². The lowest BCUT2D eigenvalue weighted by Crippen LogP contribution is -1.99. The van der Waals surface area contributed by atoms with Crippen molar-refractivity contribution in [1.29, 1.82) is 5.26 Å². The predicted octanol–water partition coefficient (Wildman–Crippen LogP) is 2.43. The largest absolute Gasteiger partial charge is 0.472 e. The lowest BCUT2D eigenvalue weighted by Gasteiger charge is -2.06. The van der Waals surface area contributed by atoms with Gasteiger partial charge in [0.05, 0.1) is 5.69 Å². The van der Waals surface area contributed by atoms with Gasteiger partial charge >= 0.3 is 0 Å². The van der Waals surface area contributed by atoms with Crippen LogP contribution in [-0.2, 0) is 6.61 Å². The minimum absolute atomic E-state index is 0.407. The third-order valence-corrected chi connectivity index (χ3v) is 2.84. The van der Waals surface area contributed by atoms with Gasteiger partial charge in [0.25, 0.3) is 0 Å². The van der Waals surface area contributed by atoms with E-state index in [0.717, 1.165) is 5.56 Å². The minimum Gasteiger partial charge on any atom is -0.472 e. The number of fused-ring (bicyclic) bond motifs is 1. The van der Waals surface area contributed by atoms with E-state index in [4.69, 9.17) is 10.00 Å². The highest BCUT2D eigenvalue weighted by Crippen LogP contribution is 2.29. The van der Waals surface area contributed by atoms with Gasteiger partial charge < -0.3 is 9.72 Å². The summed E-state index contributed by atoms with van der Waals surface area (Å²) in [5.74, 6) is 0.442. The smallest absolute Gasteiger partial charge is 0.228 e. The van der Waals surface area contributed by atoms with Crippen LogP contribution in [0.2, 0.25) is 0 Å². The standard InChI is InChI=1S/C14H11N5O/c15-8-17-11-6-16-13-12(11)14(19-9-18-13)20-7-10-4-2-1-3-5-10/h1-6,9,17H,7H2,(H,16,18,19). The maximum absolute atomic E-state index is 8.74. The summed E-state index contributed by atoms with van der Waals surface area (Å²) in [6.07, 6.45) is 4.97. The maximum Gasteiger partial charge on any atom is 0.228 e. The summed E-state index contributed by atoms with van der Waals surface area (Å²) in [4.78, 5) is 11.2. The van der Waals surface area contributed by atoms with E-state index in [2.05, 4.69) is 20.3 Å². The molecule has 0 saturated heterocycles. The molecule has 0 aliphatic carbocycles. The Bertz CT molecular complexity index is 760. The minimum atomic E-state index is 0.407. The fraction of sp³-hybridized carbons (Fsp3) is 0.0714. The average Bonchev–Trinajstić information content (AvgIpc) is 2.91. The van der Waals surface area contributed by atoms with E-state index in [-0.39, 0.29) is 0 Å². The van der Waals surface area contributed by atoms with Crippen LogP contribution in [0, 0.1) is 11.5 Å². The van der Waals surface area contributed by atoms with Crippen LogP contribution in [0.15, 0.2) is 42.9 Å². The normalized spacial score (nSPS) is 10.2. The van der Waals surface area contributed by atoms with Gasteiger partial charge in [0.15, 0.2) is 6.19 Å². The molecule has 6 nitrogen and oxygen atoms in total. The van der Waals surface area contributed by atoms with E-state index < -0.39 is 0 Å². The predicted molar refractivity (Wildman–Crippen MR) is 73.9 cm³/mol. The number of H-pyrrole nitrogens is 1. The quantitative estimate of drug-likeness (QED) is 0.559. The number of anilines is 1. The topological polar surface area (TPSA) is 86.6 Å². The van der Waals surface area contributed by atoms with Crippen molar-refractivity contribution in [3.63, 3.8) is 0 Å². The highest BCUT2D eigenvalue weighted by molar-refractivity contribution is 5.94. The summed E-state index contributed by atoms with van der Waals surface area (Å²) >= 11 is 0. The second kappa shape index (κ2) is 5.28. The highest BCUT2D eigenvalue weighted by Gasteiger charge is 2.12. The Morgan fingerprint density at radius 1 is 1.25 bits per heavy atom. The molecule has 0 bridgehead atoms. The molecule has 0 atom stereocenters. The van der Waals surface area contributed by atoms with Crippen molar-refractivity contribution >= 4 is 16.7 Å². The Kier molecular flexibility index (Phi) is 3.17. The molecule has 0 radical (unpaired) electrons. The molecule has 3 aromatic rings. The van der Waals surface area contributed by atoms with Crippen molar-refractivity contribution in [2.24, 2.45) is 0 Å². The van der Waals surface area contributed by atoms with Crippen LogP contribution in [0.4, 0.5) is 5.69 Å². The van der Waals surface area contributed by atoms with Crippen LogP contribution in [0.1, 0.15) is 5.56 Å². The van der Waals surface area contributed by atoms with Gasteiger partial charge in [-0.3, -0.25) is 5.32 Å². The van der Waals surface area contributed by atoms with Crippen molar-refractivity contribution in [3.05, 3.63) is 48.4 Å². The maximum atomic E-state index is 8.74. The number of nitrogens with zero attached hydrogens (tertiary/aromatic N) is 3. The van der Waals surface area contributed by atoms with E-state index in [1.54, 1.807) is 6.20 Å². The molecule has 2 heterocycles. The Hall–Kier alpha value is -3.07. The number of hydrogen-bond acceptors (Lipinski definition) is 5. The molecular weight excluding hydrogens is 254 g/mol. The molecule has 2 aromatic heterocycles. The van der Waals surface area contributed by atoms with Crippen LogP contribution in [0.5, 0.6) is 5.88 Å². The molecule has 6 heteroatoms. The number of ether oxygens (including phenoxy) is 1. The Morgan fingerprint density at radius 2 is 2.10 bits per heavy atom. The van der Waals surface area contributed by atoms with Crippen LogP contribution >= 0.6 is 0 Å². The number of nitrogens with one attached hydrogen (secondary N) is 2. The summed E-state index contributed by atoms with van der Waals surface area (Å²) in [7, 11) is 0. The fourth-order valence-corrected chi connectivity index (χ4v) is 1.93. The highest BCUT2D eigenvalue weighted by atomic mass is 16.5. The Balaban J connectivity index is 1.91. The Morgan fingerprint density at radius 3 is 2.90 bits per heavy atom. The van der Waals surface area contributed by atoms with E-state index in [1.807, 2.05) is 36.5 Å². The number of aromatic amines is 1. The number of benzene rings is 1. The zero-order chi connectivity index (χ0) is 13.8. The van der Waals surface area contributed by atoms with Crippen molar-refractivity contribution < 1.29 is 4.74 Å². The lowest BCUT2D eigenvalue weighted by atomic mass is 10.2. The number of nitriles is 1. The Labute approximate surface area is 115 Å². The van der Waals surface area contributed by atoms with Crippen LogP contribution in [-0.4, -0.2) is 15.0 Å². The molecule has 2 N–H and O–H groups in total. The fourth-order valence-electron chi connectivity index (χ4n) is 1.93. The monoisotopic (exact) mass is 265 g/mol. The van der Waals surface area contributed by atoms with Crippen molar-refractivity contribution in [2.75, 3.05) is 5.32 Å². The SMILES string of the molecule is N#CNc1c[nH]c2ncnc(OCc3ccccc3)c12. The third-order valence-electron chi connectivity index (χ3n) is 2.84. The van der Waals surface area contributed by atoms with Crippen LogP contribution in [0.3, 0.4) is 0 Å². The molecule has 0 aliphatic heterocycles. The number of rotatable bonds is 4. The summed E-state index contributed by atoms with van der Waals surface area (Å²) in [5.41, 5.74) is 2.27. The van der Waals surface area contributed by atoms with Gasteiger partial charge in [-0.2, -0.15) is 5.26 Å². The summed E-state index contributed by atoms with van der Waals surface area (Å²) in [6.45, 7) is 0.407. The first kappa shape index (κ1) is 12.0. The van der Waals surface area contributed by atoms with E-state index in [9.17, 15) is 0 Å². The first-order valence-electron chi connectivity index (χ1n) is 6.02. The molecule has 98 valence electrons. The molecular formula is C14H11N5O. The second-order valence-corrected chi connectivity index (χ2v) is 4.12. The van der Waals surface area contributed by atoms with E-state index in [1.165, 1.54) is 6.33 Å². The molecule has 3 rings (SSSR count). The van der Waals surface area contributed by atoms with Crippen LogP contribution in [0.25, 0.3) is 11.0 Å². The average molecular weight is 265 g/mol. The lowest BCUT2D eigenvalue weighted by molar-refractivity contribution is 0.298. The zero-order valence-corrected chi connectivity index (χ0v) is 10.5. The van der Waals surface area contributed by atoms with Gasteiger partial charge in [0.1, 0.15) is 24.0 Å². The van der Waals surface area contributed by atoms with Gasteiger partial charge in [0.2, 0.25) is 5.88 Å². The van der Waals surface area contributed by atoms with Gasteiger partial charge in [-0.25, -0.2) is 9.97 Å². The third kappa shape index (κ3) is 2.24. The molecule has 20 heavy (non-hydrogen) atoms. The summed E-state index contributed by atoms with van der Waals surface area (Å²) < 4.78 is 5.73.